The number of aromatic nitrogens is 5. The summed E-state index contributed by atoms with van der Waals surface area (Å²) in [6.45, 7) is 0.480. The van der Waals surface area contributed by atoms with Crippen LogP contribution in [0.4, 0.5) is 5.69 Å². The number of nitrogens with zero attached hydrogens (tertiary/aromatic N) is 5. The van der Waals surface area contributed by atoms with Crippen molar-refractivity contribution in [3.63, 3.8) is 0 Å². The van der Waals surface area contributed by atoms with Gasteiger partial charge in [-0.2, -0.15) is 5.10 Å². The normalized spacial score (nSPS) is 18.5. The van der Waals surface area contributed by atoms with E-state index in [9.17, 15) is 9.90 Å². The Kier molecular flexibility index (Phi) is 5.28. The molecular weight excluding hydrogens is 428 g/mol. The molecule has 2 aliphatic rings. The van der Waals surface area contributed by atoms with E-state index >= 15 is 0 Å². The van der Waals surface area contributed by atoms with Crippen LogP contribution in [-0.2, 0) is 11.2 Å². The molecule has 0 saturated heterocycles. The summed E-state index contributed by atoms with van der Waals surface area (Å²) in [5, 5.41) is 28.0. The van der Waals surface area contributed by atoms with E-state index in [1.807, 2.05) is 41.3 Å². The summed E-state index contributed by atoms with van der Waals surface area (Å²) < 4.78 is 2.23. The maximum atomic E-state index is 11.8. The van der Waals surface area contributed by atoms with Gasteiger partial charge >= 0.3 is 5.97 Å². The van der Waals surface area contributed by atoms with Crippen LogP contribution < -0.4 is 4.90 Å². The maximum Gasteiger partial charge on any atom is 0.323 e. The monoisotopic (exact) mass is 456 g/mol. The molecule has 34 heavy (non-hydrogen) atoms. The lowest BCUT2D eigenvalue weighted by atomic mass is 9.88. The van der Waals surface area contributed by atoms with E-state index < -0.39 is 5.97 Å². The third-order valence-corrected chi connectivity index (χ3v) is 7.27. The lowest BCUT2D eigenvalue weighted by molar-refractivity contribution is -0.135. The van der Waals surface area contributed by atoms with Crippen LogP contribution in [0.5, 0.6) is 0 Å². The molecular formula is C26H28N6O2. The van der Waals surface area contributed by atoms with Gasteiger partial charge in [0.25, 0.3) is 0 Å². The maximum absolute atomic E-state index is 11.8. The average molecular weight is 457 g/mol. The van der Waals surface area contributed by atoms with Gasteiger partial charge in [-0.15, -0.1) is 10.2 Å². The Bertz CT molecular complexity index is 1340. The average Bonchev–Trinajstić information content (AvgIpc) is 3.45. The molecule has 6 rings (SSSR count). The minimum absolute atomic E-state index is 0.0413. The highest BCUT2D eigenvalue weighted by molar-refractivity contribution is 5.81. The van der Waals surface area contributed by atoms with Crippen molar-refractivity contribution in [1.82, 2.24) is 25.0 Å². The van der Waals surface area contributed by atoms with Crippen LogP contribution in [0, 0.1) is 0 Å². The molecule has 0 bridgehead atoms. The first kappa shape index (κ1) is 20.9. The minimum atomic E-state index is -0.842. The Balaban J connectivity index is 1.49. The van der Waals surface area contributed by atoms with Gasteiger partial charge in [-0.1, -0.05) is 49.6 Å². The quantitative estimate of drug-likeness (QED) is 0.461. The molecule has 1 aliphatic heterocycles. The summed E-state index contributed by atoms with van der Waals surface area (Å²) in [7, 11) is 0. The Morgan fingerprint density at radius 3 is 2.53 bits per heavy atom. The minimum Gasteiger partial charge on any atom is -0.480 e. The number of hydrogen-bond donors (Lipinski definition) is 2. The summed E-state index contributed by atoms with van der Waals surface area (Å²) in [6.07, 6.45) is 6.61. The SMILES string of the molecule is O=C(O)CN1CC(Cc2[nH]nc3ccccc23)c2nnc(C3CCCCC3)n2-c2ccccc21. The molecule has 1 atom stereocenters. The molecule has 4 aromatic rings. The predicted molar refractivity (Wildman–Crippen MR) is 130 cm³/mol. The molecule has 0 radical (unpaired) electrons. The number of aliphatic carboxylic acids is 1. The fourth-order valence-corrected chi connectivity index (χ4v) is 5.70. The molecule has 1 saturated carbocycles. The number of rotatable bonds is 5. The number of fused-ring (bicyclic) bond motifs is 4. The molecule has 2 N–H and O–H groups in total. The number of carboxylic acids is 1. The fraction of sp³-hybridized carbons (Fsp3) is 0.385. The first-order chi connectivity index (χ1) is 16.7. The van der Waals surface area contributed by atoms with Gasteiger partial charge in [0.1, 0.15) is 18.2 Å². The second-order valence-corrected chi connectivity index (χ2v) is 9.47. The smallest absolute Gasteiger partial charge is 0.323 e. The van der Waals surface area contributed by atoms with Crippen LogP contribution >= 0.6 is 0 Å². The van der Waals surface area contributed by atoms with Crippen LogP contribution in [-0.4, -0.2) is 49.1 Å². The molecule has 2 aromatic heterocycles. The summed E-state index contributed by atoms with van der Waals surface area (Å²) in [5.41, 5.74) is 3.86. The van der Waals surface area contributed by atoms with E-state index in [4.69, 9.17) is 10.2 Å². The van der Waals surface area contributed by atoms with Crippen molar-refractivity contribution in [2.45, 2.75) is 50.4 Å². The van der Waals surface area contributed by atoms with Crippen molar-refractivity contribution in [3.8, 4) is 5.69 Å². The van der Waals surface area contributed by atoms with Crippen molar-refractivity contribution < 1.29 is 9.90 Å². The van der Waals surface area contributed by atoms with Crippen LogP contribution in [0.25, 0.3) is 16.6 Å². The van der Waals surface area contributed by atoms with Gasteiger partial charge in [0.2, 0.25) is 0 Å². The number of benzene rings is 2. The zero-order valence-corrected chi connectivity index (χ0v) is 19.0. The fourth-order valence-electron chi connectivity index (χ4n) is 5.70. The number of H-pyrrole nitrogens is 1. The Morgan fingerprint density at radius 2 is 1.71 bits per heavy atom. The van der Waals surface area contributed by atoms with Crippen molar-refractivity contribution in [3.05, 3.63) is 65.9 Å². The molecule has 0 amide bonds. The molecule has 1 fully saturated rings. The van der Waals surface area contributed by atoms with Crippen molar-refractivity contribution in [2.75, 3.05) is 18.0 Å². The summed E-state index contributed by atoms with van der Waals surface area (Å²) >= 11 is 0. The van der Waals surface area contributed by atoms with E-state index in [-0.39, 0.29) is 12.5 Å². The summed E-state index contributed by atoms with van der Waals surface area (Å²) in [6, 6.07) is 16.1. The van der Waals surface area contributed by atoms with Crippen LogP contribution in [0.3, 0.4) is 0 Å². The molecule has 2 aromatic carbocycles. The van der Waals surface area contributed by atoms with Gasteiger partial charge < -0.3 is 10.0 Å². The van der Waals surface area contributed by atoms with Gasteiger partial charge in [0, 0.05) is 35.9 Å². The molecule has 3 heterocycles. The zero-order chi connectivity index (χ0) is 23.1. The van der Waals surface area contributed by atoms with E-state index in [2.05, 4.69) is 26.9 Å². The van der Waals surface area contributed by atoms with E-state index in [0.29, 0.717) is 18.9 Å². The number of anilines is 1. The summed E-state index contributed by atoms with van der Waals surface area (Å²) in [5.74, 6) is 1.41. The number of para-hydroxylation sites is 3. The lowest BCUT2D eigenvalue weighted by Crippen LogP contribution is -2.33. The van der Waals surface area contributed by atoms with Gasteiger partial charge in [-0.25, -0.2) is 0 Å². The molecule has 1 aliphatic carbocycles. The second-order valence-electron chi connectivity index (χ2n) is 9.47. The van der Waals surface area contributed by atoms with Crippen molar-refractivity contribution in [1.29, 1.82) is 0 Å². The number of carboxylic acid groups (broad SMARTS) is 1. The zero-order valence-electron chi connectivity index (χ0n) is 19.0. The predicted octanol–water partition coefficient (Wildman–Crippen LogP) is 4.42. The van der Waals surface area contributed by atoms with Crippen molar-refractivity contribution in [2.24, 2.45) is 0 Å². The number of nitrogens with one attached hydrogen (secondary N) is 1. The number of aromatic amines is 1. The third kappa shape index (κ3) is 3.63. The first-order valence-electron chi connectivity index (χ1n) is 12.1. The van der Waals surface area contributed by atoms with Crippen molar-refractivity contribution >= 4 is 22.6 Å². The third-order valence-electron chi connectivity index (χ3n) is 7.27. The van der Waals surface area contributed by atoms with Gasteiger partial charge in [0.05, 0.1) is 16.9 Å². The van der Waals surface area contributed by atoms with E-state index in [1.165, 1.54) is 19.3 Å². The van der Waals surface area contributed by atoms with Gasteiger partial charge in [-0.3, -0.25) is 14.5 Å². The van der Waals surface area contributed by atoms with E-state index in [1.54, 1.807) is 0 Å². The highest BCUT2D eigenvalue weighted by atomic mass is 16.4. The Morgan fingerprint density at radius 1 is 0.971 bits per heavy atom. The second kappa shape index (κ2) is 8.59. The Labute approximate surface area is 197 Å². The molecule has 8 heteroatoms. The highest BCUT2D eigenvalue weighted by Gasteiger charge is 2.34. The van der Waals surface area contributed by atoms with E-state index in [0.717, 1.165) is 52.5 Å². The number of carbonyl (C=O) groups is 1. The van der Waals surface area contributed by atoms with Crippen LogP contribution in [0.15, 0.2) is 48.5 Å². The molecule has 174 valence electrons. The number of hydrogen-bond acceptors (Lipinski definition) is 5. The molecule has 1 unspecified atom stereocenters. The summed E-state index contributed by atoms with van der Waals surface area (Å²) in [4.78, 5) is 13.8. The van der Waals surface area contributed by atoms with Crippen LogP contribution in [0.2, 0.25) is 0 Å². The standard InChI is InChI=1S/C26H28N6O2/c33-24(34)16-31-15-18(14-21-19-10-4-5-11-20(19)27-28-21)26-30-29-25(17-8-2-1-3-9-17)32(26)23-13-7-6-12-22(23)31/h4-7,10-13,17-18H,1-3,8-9,14-16H2,(H,27,28)(H,33,34). The van der Waals surface area contributed by atoms with Gasteiger partial charge in [0.15, 0.2) is 0 Å². The molecule has 0 spiro atoms. The van der Waals surface area contributed by atoms with Crippen LogP contribution in [0.1, 0.15) is 61.3 Å². The molecule has 8 nitrogen and oxygen atoms in total. The first-order valence-corrected chi connectivity index (χ1v) is 12.1. The largest absolute Gasteiger partial charge is 0.480 e. The highest BCUT2D eigenvalue weighted by Crippen LogP contribution is 2.40. The van der Waals surface area contributed by atoms with Gasteiger partial charge in [-0.05, 0) is 31.0 Å². The Hall–Kier alpha value is -3.68. The topological polar surface area (TPSA) is 99.9 Å². The lowest BCUT2D eigenvalue weighted by Gasteiger charge is -2.25.